The molecular formula is C6HBF13K. The molecule has 0 aliphatic heterocycles. The van der Waals surface area contributed by atoms with Crippen LogP contribution in [0.15, 0.2) is 11.8 Å². The average molecular weight is 370 g/mol. The van der Waals surface area contributed by atoms with Crippen LogP contribution in [0.4, 0.5) is 56.9 Å². The van der Waals surface area contributed by atoms with E-state index in [2.05, 4.69) is 0 Å². The standard InChI is InChI=1S/C6HBF13.K/c8-2(1-7(18,19)20)3(9,10)4(11,12)5(13,14)6(15,16)17;/h1H;/q-1;+1/b2-1+;. The average Bonchev–Trinajstić information content (AvgIpc) is 2.12. The molecule has 120 valence electrons. The molecule has 0 heterocycles. The maximum Gasteiger partial charge on any atom is 1.00 e. The fraction of sp³-hybridized carbons (Fsp3) is 0.667. The summed E-state index contributed by atoms with van der Waals surface area (Å²) in [6.07, 6.45) is -7.23. The maximum atomic E-state index is 12.5. The third kappa shape index (κ3) is 4.75. The summed E-state index contributed by atoms with van der Waals surface area (Å²) in [6, 6.07) is 0. The second-order valence-electron chi connectivity index (χ2n) is 3.36. The van der Waals surface area contributed by atoms with Crippen molar-refractivity contribution in [3.63, 3.8) is 0 Å². The van der Waals surface area contributed by atoms with Crippen LogP contribution in [0.25, 0.3) is 0 Å². The molecule has 0 aromatic heterocycles. The van der Waals surface area contributed by atoms with Gasteiger partial charge in [-0.05, 0) is 0 Å². The van der Waals surface area contributed by atoms with Gasteiger partial charge in [0.1, 0.15) is 5.83 Å². The number of alkyl halides is 9. The summed E-state index contributed by atoms with van der Waals surface area (Å²) in [5.41, 5.74) is 0. The van der Waals surface area contributed by atoms with E-state index in [1.165, 1.54) is 0 Å². The minimum absolute atomic E-state index is 0. The molecule has 0 N–H and O–H groups in total. The summed E-state index contributed by atoms with van der Waals surface area (Å²) >= 11 is 0. The summed E-state index contributed by atoms with van der Waals surface area (Å²) in [5, 5.41) is 0. The first kappa shape index (κ1) is 23.8. The van der Waals surface area contributed by atoms with Crippen LogP contribution < -0.4 is 51.4 Å². The van der Waals surface area contributed by atoms with E-state index in [4.69, 9.17) is 0 Å². The second kappa shape index (κ2) is 6.57. The van der Waals surface area contributed by atoms with Gasteiger partial charge in [-0.3, -0.25) is 0 Å². The minimum Gasteiger partial charge on any atom is -0.445 e. The van der Waals surface area contributed by atoms with Gasteiger partial charge in [0.2, 0.25) is 0 Å². The van der Waals surface area contributed by atoms with Crippen molar-refractivity contribution in [3.05, 3.63) is 11.8 Å². The Morgan fingerprint density at radius 1 is 0.714 bits per heavy atom. The molecule has 0 saturated carbocycles. The summed E-state index contributed by atoms with van der Waals surface area (Å²) in [6.45, 7) is -6.61. The molecule has 0 spiro atoms. The van der Waals surface area contributed by atoms with Gasteiger partial charge in [0, 0.05) is 0 Å². The molecule has 21 heavy (non-hydrogen) atoms. The van der Waals surface area contributed by atoms with Crippen LogP contribution in [0.2, 0.25) is 0 Å². The van der Waals surface area contributed by atoms with Crippen molar-refractivity contribution in [3.8, 4) is 0 Å². The molecule has 0 saturated heterocycles. The fourth-order valence-electron chi connectivity index (χ4n) is 0.796. The maximum absolute atomic E-state index is 12.5. The van der Waals surface area contributed by atoms with Gasteiger partial charge in [0.25, 0.3) is 0 Å². The predicted molar refractivity (Wildman–Crippen MR) is 39.2 cm³/mol. The van der Waals surface area contributed by atoms with Crippen molar-refractivity contribution < 1.29 is 108 Å². The van der Waals surface area contributed by atoms with Gasteiger partial charge in [-0.1, -0.05) is 0 Å². The number of rotatable bonds is 4. The van der Waals surface area contributed by atoms with E-state index in [-0.39, 0.29) is 51.4 Å². The first-order chi connectivity index (χ1) is 8.38. The van der Waals surface area contributed by atoms with Crippen molar-refractivity contribution in [1.82, 2.24) is 0 Å². The van der Waals surface area contributed by atoms with Crippen molar-refractivity contribution in [2.24, 2.45) is 0 Å². The largest absolute Gasteiger partial charge is 1.00 e. The van der Waals surface area contributed by atoms with Crippen LogP contribution in [-0.2, 0) is 0 Å². The van der Waals surface area contributed by atoms with E-state index >= 15 is 0 Å². The van der Waals surface area contributed by atoms with Crippen molar-refractivity contribution in [2.45, 2.75) is 23.9 Å². The fourth-order valence-corrected chi connectivity index (χ4v) is 0.796. The number of hydrogen-bond donors (Lipinski definition) is 0. The van der Waals surface area contributed by atoms with E-state index < -0.39 is 42.7 Å². The molecule has 0 bridgehead atoms. The Hall–Kier alpha value is 0.531. The zero-order valence-electron chi connectivity index (χ0n) is 9.57. The molecular weight excluding hydrogens is 369 g/mol. The first-order valence-corrected chi connectivity index (χ1v) is 4.17. The van der Waals surface area contributed by atoms with Crippen molar-refractivity contribution >= 4 is 6.98 Å². The number of halogens is 13. The summed E-state index contributed by atoms with van der Waals surface area (Å²) in [7, 11) is 0. The van der Waals surface area contributed by atoms with E-state index in [0.717, 1.165) is 0 Å². The second-order valence-corrected chi connectivity index (χ2v) is 3.36. The molecule has 0 fully saturated rings. The summed E-state index contributed by atoms with van der Waals surface area (Å²) < 4.78 is 156. The molecule has 0 amide bonds. The van der Waals surface area contributed by atoms with Gasteiger partial charge in [-0.25, -0.2) is 4.39 Å². The first-order valence-electron chi connectivity index (χ1n) is 4.17. The predicted octanol–water partition coefficient (Wildman–Crippen LogP) is 1.70. The van der Waals surface area contributed by atoms with Gasteiger partial charge in [0.15, 0.2) is 0 Å². The Balaban J connectivity index is 0. The van der Waals surface area contributed by atoms with Crippen LogP contribution in [0.3, 0.4) is 0 Å². The number of hydrogen-bond acceptors (Lipinski definition) is 0. The monoisotopic (exact) mass is 370 g/mol. The van der Waals surface area contributed by atoms with Gasteiger partial charge in [-0.15, -0.1) is 5.98 Å². The summed E-state index contributed by atoms with van der Waals surface area (Å²) in [5.74, 6) is -28.2. The molecule has 0 aliphatic carbocycles. The van der Waals surface area contributed by atoms with E-state index in [1.54, 1.807) is 0 Å². The smallest absolute Gasteiger partial charge is 0.445 e. The van der Waals surface area contributed by atoms with E-state index in [0.29, 0.717) is 0 Å². The van der Waals surface area contributed by atoms with Crippen molar-refractivity contribution in [1.29, 1.82) is 0 Å². The molecule has 0 aromatic carbocycles. The van der Waals surface area contributed by atoms with Crippen LogP contribution in [0, 0.1) is 0 Å². The molecule has 0 rings (SSSR count). The molecule has 0 aromatic rings. The zero-order chi connectivity index (χ0) is 16.8. The van der Waals surface area contributed by atoms with Gasteiger partial charge in [0.05, 0.1) is 0 Å². The Morgan fingerprint density at radius 3 is 1.29 bits per heavy atom. The third-order valence-corrected chi connectivity index (χ3v) is 1.78. The van der Waals surface area contributed by atoms with Gasteiger partial charge < -0.3 is 12.9 Å². The molecule has 0 unspecified atom stereocenters. The van der Waals surface area contributed by atoms with Crippen molar-refractivity contribution in [2.75, 3.05) is 0 Å². The Labute approximate surface area is 150 Å². The van der Waals surface area contributed by atoms with E-state index in [9.17, 15) is 56.9 Å². The van der Waals surface area contributed by atoms with Gasteiger partial charge >= 0.3 is 82.3 Å². The Kier molecular flexibility index (Phi) is 7.44. The third-order valence-electron chi connectivity index (χ3n) is 1.78. The molecule has 15 heteroatoms. The molecule has 0 radical (unpaired) electrons. The molecule has 0 aliphatic rings. The Bertz CT molecular complexity index is 390. The Morgan fingerprint density at radius 2 is 1.05 bits per heavy atom. The minimum atomic E-state index is -7.46. The molecule has 0 nitrogen and oxygen atoms in total. The van der Waals surface area contributed by atoms with Crippen LogP contribution in [0.1, 0.15) is 0 Å². The zero-order valence-corrected chi connectivity index (χ0v) is 12.7. The van der Waals surface area contributed by atoms with E-state index in [1.807, 2.05) is 0 Å². The van der Waals surface area contributed by atoms with Crippen LogP contribution >= 0.6 is 0 Å². The normalized spacial score (nSPS) is 15.8. The number of allylic oxidation sites excluding steroid dienone is 1. The SMILES string of the molecule is F/C(=C/[B-](F)(F)F)C(F)(F)C(F)(F)C(F)(F)C(F)(F)F.[K+]. The van der Waals surface area contributed by atoms with Gasteiger partial charge in [-0.2, -0.15) is 39.5 Å². The summed E-state index contributed by atoms with van der Waals surface area (Å²) in [4.78, 5) is 0. The van der Waals surface area contributed by atoms with Crippen LogP contribution in [0.5, 0.6) is 0 Å². The molecule has 0 atom stereocenters. The quantitative estimate of drug-likeness (QED) is 0.522. The van der Waals surface area contributed by atoms with Crippen LogP contribution in [-0.4, -0.2) is 30.9 Å². The topological polar surface area (TPSA) is 0 Å².